The second kappa shape index (κ2) is 12.5. The van der Waals surface area contributed by atoms with Crippen molar-refractivity contribution in [3.63, 3.8) is 0 Å². The molecule has 0 fully saturated rings. The molecule has 0 aromatic carbocycles. The molecule has 3 N–H and O–H groups in total. The fourth-order valence-electron chi connectivity index (χ4n) is 1.98. The van der Waals surface area contributed by atoms with Crippen LogP contribution in [0.1, 0.15) is 23.7 Å². The van der Waals surface area contributed by atoms with Crippen molar-refractivity contribution in [3.05, 3.63) is 38.4 Å². The molecule has 6 nitrogen and oxygen atoms in total. The minimum Gasteiger partial charge on any atom is -0.367 e. The molecule has 2 heterocycles. The third-order valence-corrected chi connectivity index (χ3v) is 4.81. The van der Waals surface area contributed by atoms with Crippen molar-refractivity contribution in [3.8, 4) is 0 Å². The van der Waals surface area contributed by atoms with Crippen LogP contribution >= 0.6 is 58.5 Å². The molecule has 2 aromatic heterocycles. The highest BCUT2D eigenvalue weighted by molar-refractivity contribution is 14.0. The fraction of sp³-hybridized carbons (Fsp3) is 0.438. The zero-order valence-corrected chi connectivity index (χ0v) is 19.3. The molecule has 0 saturated heterocycles. The lowest BCUT2D eigenvalue weighted by Gasteiger charge is -2.12. The Hall–Kier alpha value is -0.840. The molecule has 0 radical (unpaired) electrons. The zero-order chi connectivity index (χ0) is 18.1. The SMILES string of the molecule is CCNC(=NCc1ncc(CC)s1)NCCNc1ncc(Cl)cc1Cl.I. The third kappa shape index (κ3) is 7.81. The molecular weight excluding hydrogens is 506 g/mol. The van der Waals surface area contributed by atoms with E-state index in [4.69, 9.17) is 23.2 Å². The Morgan fingerprint density at radius 3 is 2.62 bits per heavy atom. The van der Waals surface area contributed by atoms with E-state index in [9.17, 15) is 0 Å². The van der Waals surface area contributed by atoms with E-state index in [1.807, 2.05) is 13.1 Å². The molecule has 0 aliphatic heterocycles. The maximum atomic E-state index is 6.08. The molecule has 0 saturated carbocycles. The topological polar surface area (TPSA) is 74.2 Å². The van der Waals surface area contributed by atoms with Gasteiger partial charge in [-0.2, -0.15) is 0 Å². The first-order valence-corrected chi connectivity index (χ1v) is 9.70. The van der Waals surface area contributed by atoms with Crippen molar-refractivity contribution in [2.45, 2.75) is 26.8 Å². The van der Waals surface area contributed by atoms with Gasteiger partial charge in [0.05, 0.1) is 16.6 Å². The van der Waals surface area contributed by atoms with Crippen molar-refractivity contribution < 1.29 is 0 Å². The number of anilines is 1. The molecule has 2 rings (SSSR count). The summed E-state index contributed by atoms with van der Waals surface area (Å²) in [5.74, 6) is 1.37. The summed E-state index contributed by atoms with van der Waals surface area (Å²) in [5.41, 5.74) is 0. The van der Waals surface area contributed by atoms with Gasteiger partial charge in [0, 0.05) is 36.9 Å². The van der Waals surface area contributed by atoms with Crippen LogP contribution in [0.5, 0.6) is 0 Å². The van der Waals surface area contributed by atoms with Crippen molar-refractivity contribution in [2.75, 3.05) is 25.0 Å². The second-order valence-electron chi connectivity index (χ2n) is 5.11. The average molecular weight is 529 g/mol. The summed E-state index contributed by atoms with van der Waals surface area (Å²) in [7, 11) is 0. The first kappa shape index (κ1) is 23.2. The number of hydrogen-bond acceptors (Lipinski definition) is 5. The lowest BCUT2D eigenvalue weighted by Crippen LogP contribution is -2.39. The van der Waals surface area contributed by atoms with Crippen molar-refractivity contribution >= 4 is 70.3 Å². The highest BCUT2D eigenvalue weighted by Crippen LogP contribution is 2.22. The van der Waals surface area contributed by atoms with Crippen molar-refractivity contribution in [1.82, 2.24) is 20.6 Å². The van der Waals surface area contributed by atoms with E-state index < -0.39 is 0 Å². The number of nitrogens with zero attached hydrogens (tertiary/aromatic N) is 3. The third-order valence-electron chi connectivity index (χ3n) is 3.18. The summed E-state index contributed by atoms with van der Waals surface area (Å²) < 4.78 is 0. The minimum atomic E-state index is 0. The molecule has 0 amide bonds. The number of aliphatic imine (C=N–C) groups is 1. The van der Waals surface area contributed by atoms with Gasteiger partial charge in [-0.05, 0) is 19.4 Å². The first-order valence-electron chi connectivity index (χ1n) is 8.13. The van der Waals surface area contributed by atoms with Gasteiger partial charge in [-0.15, -0.1) is 35.3 Å². The molecule has 0 atom stereocenters. The van der Waals surface area contributed by atoms with Crippen molar-refractivity contribution in [1.29, 1.82) is 0 Å². The maximum Gasteiger partial charge on any atom is 0.191 e. The second-order valence-corrected chi connectivity index (χ2v) is 7.15. The summed E-state index contributed by atoms with van der Waals surface area (Å²) in [4.78, 5) is 14.4. The molecule has 2 aromatic rings. The summed E-state index contributed by atoms with van der Waals surface area (Å²) in [5, 5.41) is 11.7. The summed E-state index contributed by atoms with van der Waals surface area (Å²) in [6, 6.07) is 1.66. The monoisotopic (exact) mass is 528 g/mol. The van der Waals surface area contributed by atoms with E-state index in [0.29, 0.717) is 35.5 Å². The average Bonchev–Trinajstić information content (AvgIpc) is 3.06. The van der Waals surface area contributed by atoms with Crippen LogP contribution in [0.2, 0.25) is 10.0 Å². The number of guanidine groups is 1. The first-order chi connectivity index (χ1) is 12.1. The molecule has 144 valence electrons. The van der Waals surface area contributed by atoms with Gasteiger partial charge in [-0.25, -0.2) is 15.0 Å². The van der Waals surface area contributed by atoms with E-state index in [1.165, 1.54) is 4.88 Å². The van der Waals surface area contributed by atoms with E-state index in [2.05, 4.69) is 37.8 Å². The van der Waals surface area contributed by atoms with Crippen LogP contribution in [0.4, 0.5) is 5.82 Å². The number of hydrogen-bond donors (Lipinski definition) is 3. The van der Waals surface area contributed by atoms with Gasteiger partial charge in [-0.1, -0.05) is 30.1 Å². The van der Waals surface area contributed by atoms with E-state index in [0.717, 1.165) is 23.9 Å². The van der Waals surface area contributed by atoms with Crippen LogP contribution in [0.3, 0.4) is 0 Å². The van der Waals surface area contributed by atoms with Gasteiger partial charge in [-0.3, -0.25) is 0 Å². The molecule has 0 spiro atoms. The zero-order valence-electron chi connectivity index (χ0n) is 14.7. The molecule has 26 heavy (non-hydrogen) atoms. The van der Waals surface area contributed by atoms with Crippen molar-refractivity contribution in [2.24, 2.45) is 4.99 Å². The number of nitrogens with one attached hydrogen (secondary N) is 3. The van der Waals surface area contributed by atoms with Gasteiger partial charge in [0.2, 0.25) is 0 Å². The number of rotatable bonds is 8. The Labute approximate surface area is 185 Å². The van der Waals surface area contributed by atoms with E-state index in [-0.39, 0.29) is 24.0 Å². The Morgan fingerprint density at radius 2 is 1.96 bits per heavy atom. The Bertz CT molecular complexity index is 710. The quantitative estimate of drug-likeness (QED) is 0.207. The summed E-state index contributed by atoms with van der Waals surface area (Å²) in [6.45, 7) is 6.84. The van der Waals surface area contributed by atoms with Crippen LogP contribution in [-0.4, -0.2) is 35.6 Å². The predicted molar refractivity (Wildman–Crippen MR) is 122 cm³/mol. The Morgan fingerprint density at radius 1 is 1.15 bits per heavy atom. The lowest BCUT2D eigenvalue weighted by molar-refractivity contribution is 0.817. The van der Waals surface area contributed by atoms with E-state index in [1.54, 1.807) is 23.6 Å². The number of pyridine rings is 1. The number of aryl methyl sites for hydroxylation is 1. The lowest BCUT2D eigenvalue weighted by atomic mass is 10.4. The minimum absolute atomic E-state index is 0. The van der Waals surface area contributed by atoms with Gasteiger partial charge >= 0.3 is 0 Å². The fourth-order valence-corrected chi connectivity index (χ4v) is 3.21. The Balaban J connectivity index is 0.00000338. The standard InChI is InChI=1S/C16H22Cl2N6S.HI/c1-3-12-9-22-14(25-12)10-24-16(19-4-2)21-6-5-20-15-13(18)7-11(17)8-23-15;/h7-9H,3-6,10H2,1-2H3,(H,20,23)(H2,19,21,24);1H. The van der Waals surface area contributed by atoms with Gasteiger partial charge in [0.25, 0.3) is 0 Å². The number of halogens is 3. The van der Waals surface area contributed by atoms with Crippen LogP contribution in [0.25, 0.3) is 0 Å². The molecule has 10 heteroatoms. The van der Waals surface area contributed by atoms with Gasteiger partial charge in [0.1, 0.15) is 10.8 Å². The summed E-state index contributed by atoms with van der Waals surface area (Å²) >= 11 is 13.6. The Kier molecular flexibility index (Phi) is 11.2. The summed E-state index contributed by atoms with van der Waals surface area (Å²) in [6.07, 6.45) is 4.49. The number of aromatic nitrogens is 2. The van der Waals surface area contributed by atoms with Crippen LogP contribution in [0, 0.1) is 0 Å². The molecule has 0 aliphatic carbocycles. The van der Waals surface area contributed by atoms with Crippen LogP contribution in [0.15, 0.2) is 23.5 Å². The maximum absolute atomic E-state index is 6.08. The highest BCUT2D eigenvalue weighted by atomic mass is 127. The number of thiazole rings is 1. The predicted octanol–water partition coefficient (Wildman–Crippen LogP) is 4.19. The normalized spacial score (nSPS) is 11.0. The molecule has 0 unspecified atom stereocenters. The smallest absolute Gasteiger partial charge is 0.191 e. The van der Waals surface area contributed by atoms with Crippen LogP contribution in [-0.2, 0) is 13.0 Å². The van der Waals surface area contributed by atoms with Gasteiger partial charge in [0.15, 0.2) is 5.96 Å². The molecule has 0 aliphatic rings. The van der Waals surface area contributed by atoms with Crippen LogP contribution < -0.4 is 16.0 Å². The van der Waals surface area contributed by atoms with E-state index >= 15 is 0 Å². The largest absolute Gasteiger partial charge is 0.367 e. The molecular formula is C16H23Cl2IN6S. The van der Waals surface area contributed by atoms with Gasteiger partial charge < -0.3 is 16.0 Å². The highest BCUT2D eigenvalue weighted by Gasteiger charge is 2.03. The molecule has 0 bridgehead atoms.